The van der Waals surface area contributed by atoms with Crippen molar-refractivity contribution in [3.05, 3.63) is 0 Å². The van der Waals surface area contributed by atoms with Crippen LogP contribution in [0, 0.1) is 0 Å². The van der Waals surface area contributed by atoms with E-state index >= 15 is 0 Å². The van der Waals surface area contributed by atoms with Gasteiger partial charge in [-0.1, -0.05) is 6.92 Å². The monoisotopic (exact) mass is 155 g/mol. The Morgan fingerprint density at radius 1 is 1.55 bits per heavy atom. The Labute approximate surface area is 68.6 Å². The fraction of sp³-hybridized carbons (Fsp3) is 0.889. The first-order chi connectivity index (χ1) is 5.29. The maximum absolute atomic E-state index is 11.3. The van der Waals surface area contributed by atoms with E-state index in [2.05, 4.69) is 13.8 Å². The lowest BCUT2D eigenvalue weighted by Crippen LogP contribution is -2.42. The summed E-state index contributed by atoms with van der Waals surface area (Å²) >= 11 is 0. The molecule has 0 aromatic carbocycles. The van der Waals surface area contributed by atoms with Gasteiger partial charge in [0.1, 0.15) is 0 Å². The van der Waals surface area contributed by atoms with Crippen molar-refractivity contribution in [3.8, 4) is 0 Å². The Bertz CT molecular complexity index is 144. The molecule has 1 amide bonds. The second kappa shape index (κ2) is 3.74. The molecule has 2 heteroatoms. The highest BCUT2D eigenvalue weighted by Crippen LogP contribution is 2.19. The predicted molar refractivity (Wildman–Crippen MR) is 45.3 cm³/mol. The Morgan fingerprint density at radius 3 is 2.73 bits per heavy atom. The third-order valence-corrected chi connectivity index (χ3v) is 2.50. The lowest BCUT2D eigenvalue weighted by Gasteiger charge is -2.34. The average Bonchev–Trinajstić information content (AvgIpc) is 2.04. The van der Waals surface area contributed by atoms with E-state index in [1.54, 1.807) is 0 Å². The zero-order valence-electron chi connectivity index (χ0n) is 7.47. The Morgan fingerprint density at radius 2 is 2.27 bits per heavy atom. The van der Waals surface area contributed by atoms with Crippen molar-refractivity contribution < 1.29 is 4.79 Å². The van der Waals surface area contributed by atoms with Gasteiger partial charge in [-0.2, -0.15) is 0 Å². The fourth-order valence-corrected chi connectivity index (χ4v) is 1.85. The van der Waals surface area contributed by atoms with Gasteiger partial charge in [-0.15, -0.1) is 0 Å². The van der Waals surface area contributed by atoms with E-state index in [9.17, 15) is 4.79 Å². The molecule has 0 aromatic rings. The molecule has 1 unspecified atom stereocenters. The van der Waals surface area contributed by atoms with E-state index in [1.165, 1.54) is 6.42 Å². The van der Waals surface area contributed by atoms with Crippen LogP contribution < -0.4 is 0 Å². The van der Waals surface area contributed by atoms with Crippen molar-refractivity contribution in [2.75, 3.05) is 6.54 Å². The molecular weight excluding hydrogens is 138 g/mol. The third-order valence-electron chi connectivity index (χ3n) is 2.50. The van der Waals surface area contributed by atoms with Gasteiger partial charge in [0.15, 0.2) is 0 Å². The lowest BCUT2D eigenvalue weighted by atomic mass is 10.00. The predicted octanol–water partition coefficient (Wildman–Crippen LogP) is 1.80. The van der Waals surface area contributed by atoms with Crippen LogP contribution in [-0.4, -0.2) is 23.4 Å². The summed E-state index contributed by atoms with van der Waals surface area (Å²) in [6.07, 6.45) is 4.17. The van der Waals surface area contributed by atoms with Crippen LogP contribution in [0.2, 0.25) is 0 Å². The highest BCUT2D eigenvalue weighted by Gasteiger charge is 2.24. The van der Waals surface area contributed by atoms with E-state index in [1.807, 2.05) is 4.90 Å². The van der Waals surface area contributed by atoms with Gasteiger partial charge in [-0.25, -0.2) is 0 Å². The topological polar surface area (TPSA) is 20.3 Å². The highest BCUT2D eigenvalue weighted by molar-refractivity contribution is 5.77. The number of carbonyl (C=O) groups is 1. The summed E-state index contributed by atoms with van der Waals surface area (Å²) in [4.78, 5) is 13.3. The van der Waals surface area contributed by atoms with Crippen LogP contribution in [0.3, 0.4) is 0 Å². The zero-order chi connectivity index (χ0) is 8.27. The standard InChI is InChI=1S/C9H17NO/c1-3-8-6-5-7-9(11)10(8)4-2/h8H,3-7H2,1-2H3. The number of carbonyl (C=O) groups excluding carboxylic acids is 1. The van der Waals surface area contributed by atoms with Crippen LogP contribution in [0.1, 0.15) is 39.5 Å². The number of likely N-dealkylation sites (tertiary alicyclic amines) is 1. The summed E-state index contributed by atoms with van der Waals surface area (Å²) < 4.78 is 0. The molecule has 0 bridgehead atoms. The van der Waals surface area contributed by atoms with Gasteiger partial charge in [0.2, 0.25) is 5.91 Å². The fourth-order valence-electron chi connectivity index (χ4n) is 1.85. The summed E-state index contributed by atoms with van der Waals surface area (Å²) in [5.74, 6) is 0.352. The van der Waals surface area contributed by atoms with Crippen LogP contribution in [-0.2, 0) is 4.79 Å². The Hall–Kier alpha value is -0.530. The summed E-state index contributed by atoms with van der Waals surface area (Å²) in [6.45, 7) is 5.11. The molecule has 0 saturated carbocycles. The second-order valence-electron chi connectivity index (χ2n) is 3.13. The minimum absolute atomic E-state index is 0.352. The molecule has 11 heavy (non-hydrogen) atoms. The highest BCUT2D eigenvalue weighted by atomic mass is 16.2. The van der Waals surface area contributed by atoms with Crippen molar-refractivity contribution in [1.82, 2.24) is 4.90 Å². The molecule has 2 nitrogen and oxygen atoms in total. The lowest BCUT2D eigenvalue weighted by molar-refractivity contribution is -0.136. The normalized spacial score (nSPS) is 25.8. The van der Waals surface area contributed by atoms with Crippen molar-refractivity contribution >= 4 is 5.91 Å². The van der Waals surface area contributed by atoms with Gasteiger partial charge >= 0.3 is 0 Å². The number of piperidine rings is 1. The molecule has 1 atom stereocenters. The van der Waals surface area contributed by atoms with Gasteiger partial charge in [0, 0.05) is 19.0 Å². The average molecular weight is 155 g/mol. The van der Waals surface area contributed by atoms with E-state index in [0.29, 0.717) is 11.9 Å². The number of nitrogens with zero attached hydrogens (tertiary/aromatic N) is 1. The largest absolute Gasteiger partial charge is 0.340 e. The van der Waals surface area contributed by atoms with E-state index in [4.69, 9.17) is 0 Å². The zero-order valence-corrected chi connectivity index (χ0v) is 7.47. The van der Waals surface area contributed by atoms with Crippen LogP contribution in [0.5, 0.6) is 0 Å². The molecule has 0 aromatic heterocycles. The van der Waals surface area contributed by atoms with Crippen molar-refractivity contribution in [2.24, 2.45) is 0 Å². The minimum atomic E-state index is 0.352. The van der Waals surface area contributed by atoms with Gasteiger partial charge in [-0.05, 0) is 26.2 Å². The second-order valence-corrected chi connectivity index (χ2v) is 3.13. The Balaban J connectivity index is 2.56. The molecule has 1 aliphatic rings. The molecule has 64 valence electrons. The molecule has 0 N–H and O–H groups in total. The van der Waals surface area contributed by atoms with Gasteiger partial charge in [0.25, 0.3) is 0 Å². The van der Waals surface area contributed by atoms with Crippen LogP contribution in [0.4, 0.5) is 0 Å². The first-order valence-corrected chi connectivity index (χ1v) is 4.59. The molecule has 0 radical (unpaired) electrons. The van der Waals surface area contributed by atoms with Crippen molar-refractivity contribution in [1.29, 1.82) is 0 Å². The van der Waals surface area contributed by atoms with E-state index in [0.717, 1.165) is 25.8 Å². The molecule has 1 fully saturated rings. The summed E-state index contributed by atoms with van der Waals surface area (Å²) in [7, 11) is 0. The molecule has 1 rings (SSSR count). The van der Waals surface area contributed by atoms with Crippen LogP contribution in [0.15, 0.2) is 0 Å². The van der Waals surface area contributed by atoms with E-state index < -0.39 is 0 Å². The SMILES string of the molecule is CCC1CCCC(=O)N1CC. The number of hydrogen-bond donors (Lipinski definition) is 0. The smallest absolute Gasteiger partial charge is 0.222 e. The summed E-state index contributed by atoms with van der Waals surface area (Å²) in [5.41, 5.74) is 0. The quantitative estimate of drug-likeness (QED) is 0.595. The summed E-state index contributed by atoms with van der Waals surface area (Å²) in [5, 5.41) is 0. The number of amides is 1. The summed E-state index contributed by atoms with van der Waals surface area (Å²) in [6, 6.07) is 0.529. The van der Waals surface area contributed by atoms with Gasteiger partial charge in [-0.3, -0.25) is 4.79 Å². The van der Waals surface area contributed by atoms with Crippen LogP contribution >= 0.6 is 0 Å². The number of hydrogen-bond acceptors (Lipinski definition) is 1. The first kappa shape index (κ1) is 8.57. The molecule has 1 aliphatic heterocycles. The van der Waals surface area contributed by atoms with Gasteiger partial charge in [0.05, 0.1) is 0 Å². The molecular formula is C9H17NO. The molecule has 0 aliphatic carbocycles. The van der Waals surface area contributed by atoms with Gasteiger partial charge < -0.3 is 4.90 Å². The van der Waals surface area contributed by atoms with Crippen molar-refractivity contribution in [2.45, 2.75) is 45.6 Å². The van der Waals surface area contributed by atoms with Crippen LogP contribution in [0.25, 0.3) is 0 Å². The molecule has 1 heterocycles. The minimum Gasteiger partial charge on any atom is -0.340 e. The van der Waals surface area contributed by atoms with E-state index in [-0.39, 0.29) is 0 Å². The first-order valence-electron chi connectivity index (χ1n) is 4.59. The van der Waals surface area contributed by atoms with Crippen molar-refractivity contribution in [3.63, 3.8) is 0 Å². The maximum atomic E-state index is 11.3. The Kier molecular flexibility index (Phi) is 2.92. The third kappa shape index (κ3) is 1.73. The molecule has 1 saturated heterocycles. The maximum Gasteiger partial charge on any atom is 0.222 e. The number of rotatable bonds is 2. The molecule has 0 spiro atoms.